The molecule has 1 aliphatic carbocycles. The Morgan fingerprint density at radius 2 is 2.33 bits per heavy atom. The van der Waals surface area contributed by atoms with Crippen molar-refractivity contribution in [1.29, 1.82) is 5.26 Å². The fourth-order valence-corrected chi connectivity index (χ4v) is 3.71. The first-order valence-electron chi connectivity index (χ1n) is 5.95. The average Bonchev–Trinajstić information content (AvgIpc) is 2.87. The van der Waals surface area contributed by atoms with Crippen molar-refractivity contribution in [3.63, 3.8) is 0 Å². The number of nitrogens with two attached hydrogens (primary N) is 1. The highest BCUT2D eigenvalue weighted by molar-refractivity contribution is 7.15. The number of fused-ring (bicyclic) bond motifs is 1. The van der Waals surface area contributed by atoms with Gasteiger partial charge in [0.05, 0.1) is 17.3 Å². The number of nitriles is 1. The summed E-state index contributed by atoms with van der Waals surface area (Å²) in [5.74, 6) is 0.296. The quantitative estimate of drug-likeness (QED) is 0.852. The van der Waals surface area contributed by atoms with Crippen molar-refractivity contribution in [1.82, 2.24) is 4.98 Å². The molecule has 1 heterocycles. The molecule has 1 aliphatic rings. The maximum atomic E-state index is 9.33. The van der Waals surface area contributed by atoms with E-state index in [1.54, 1.807) is 11.3 Å². The number of hydrogen-bond donors (Lipinski definition) is 1. The molecule has 4 heteroatoms. The van der Waals surface area contributed by atoms with Gasteiger partial charge in [-0.2, -0.15) is 5.26 Å². The van der Waals surface area contributed by atoms with Gasteiger partial charge in [-0.25, -0.2) is 4.98 Å². The lowest BCUT2D eigenvalue weighted by molar-refractivity contribution is 0.787. The molecular formula is C14H13N3S. The Balaban J connectivity index is 2.13. The van der Waals surface area contributed by atoms with Gasteiger partial charge in [-0.1, -0.05) is 18.2 Å². The van der Waals surface area contributed by atoms with Crippen molar-refractivity contribution in [3.05, 3.63) is 45.5 Å². The SMILES string of the molecule is Cc1cccc(C2CCc3nc(N)sc32)c1C#N. The number of anilines is 1. The summed E-state index contributed by atoms with van der Waals surface area (Å²) in [6.07, 6.45) is 2.00. The minimum Gasteiger partial charge on any atom is -0.375 e. The maximum Gasteiger partial charge on any atom is 0.180 e. The first-order valence-corrected chi connectivity index (χ1v) is 6.77. The van der Waals surface area contributed by atoms with E-state index < -0.39 is 0 Å². The summed E-state index contributed by atoms with van der Waals surface area (Å²) in [5.41, 5.74) is 9.87. The predicted octanol–water partition coefficient (Wildman–Crippen LogP) is 2.98. The van der Waals surface area contributed by atoms with E-state index in [-0.39, 0.29) is 0 Å². The Bertz CT molecular complexity index is 652. The fraction of sp³-hybridized carbons (Fsp3) is 0.286. The van der Waals surface area contributed by atoms with Crippen molar-refractivity contribution < 1.29 is 0 Å². The summed E-state index contributed by atoms with van der Waals surface area (Å²) in [4.78, 5) is 5.60. The molecule has 1 atom stereocenters. The second kappa shape index (κ2) is 4.11. The van der Waals surface area contributed by atoms with E-state index in [2.05, 4.69) is 17.1 Å². The molecular weight excluding hydrogens is 242 g/mol. The zero-order valence-corrected chi connectivity index (χ0v) is 10.9. The normalized spacial score (nSPS) is 17.4. The van der Waals surface area contributed by atoms with Crippen LogP contribution in [0.5, 0.6) is 0 Å². The van der Waals surface area contributed by atoms with E-state index >= 15 is 0 Å². The van der Waals surface area contributed by atoms with Crippen LogP contribution in [0.1, 0.15) is 39.6 Å². The number of rotatable bonds is 1. The van der Waals surface area contributed by atoms with Gasteiger partial charge in [0.15, 0.2) is 5.13 Å². The Morgan fingerprint density at radius 3 is 3.11 bits per heavy atom. The van der Waals surface area contributed by atoms with Gasteiger partial charge in [0.25, 0.3) is 0 Å². The largest absolute Gasteiger partial charge is 0.375 e. The minimum atomic E-state index is 0.296. The molecule has 18 heavy (non-hydrogen) atoms. The van der Waals surface area contributed by atoms with E-state index in [9.17, 15) is 5.26 Å². The number of hydrogen-bond acceptors (Lipinski definition) is 4. The molecule has 0 fully saturated rings. The van der Waals surface area contributed by atoms with E-state index in [1.165, 1.54) is 4.88 Å². The van der Waals surface area contributed by atoms with Crippen LogP contribution in [0.15, 0.2) is 18.2 Å². The summed E-state index contributed by atoms with van der Waals surface area (Å²) in [5, 5.41) is 9.96. The first kappa shape index (κ1) is 11.2. The third kappa shape index (κ3) is 1.59. The van der Waals surface area contributed by atoms with Crippen LogP contribution < -0.4 is 5.73 Å². The number of nitrogens with zero attached hydrogens (tertiary/aromatic N) is 2. The van der Waals surface area contributed by atoms with Crippen LogP contribution in [-0.2, 0) is 6.42 Å². The molecule has 0 amide bonds. The van der Waals surface area contributed by atoms with E-state index in [4.69, 9.17) is 5.73 Å². The molecule has 0 spiro atoms. The van der Waals surface area contributed by atoms with E-state index in [1.807, 2.05) is 19.1 Å². The molecule has 1 aromatic carbocycles. The summed E-state index contributed by atoms with van der Waals surface area (Å²) >= 11 is 1.56. The number of aromatic nitrogens is 1. The van der Waals surface area contributed by atoms with Gasteiger partial charge in [0, 0.05) is 10.8 Å². The highest BCUT2D eigenvalue weighted by atomic mass is 32.1. The second-order valence-corrected chi connectivity index (χ2v) is 5.67. The number of aryl methyl sites for hydroxylation is 2. The van der Waals surface area contributed by atoms with Gasteiger partial charge >= 0.3 is 0 Å². The van der Waals surface area contributed by atoms with Crippen LogP contribution in [0.3, 0.4) is 0 Å². The number of nitrogen functional groups attached to an aromatic ring is 1. The standard InChI is InChI=1S/C14H13N3S/c1-8-3-2-4-9(11(8)7-15)10-5-6-12-13(10)18-14(16)17-12/h2-4,10H,5-6H2,1H3,(H2,16,17). The zero-order valence-electron chi connectivity index (χ0n) is 10.1. The summed E-state index contributed by atoms with van der Waals surface area (Å²) in [6, 6.07) is 8.39. The number of thiazole rings is 1. The van der Waals surface area contributed by atoms with Gasteiger partial charge in [-0.3, -0.25) is 0 Å². The summed E-state index contributed by atoms with van der Waals surface area (Å²) in [6.45, 7) is 1.99. The molecule has 2 N–H and O–H groups in total. The molecule has 90 valence electrons. The Labute approximate surface area is 110 Å². The van der Waals surface area contributed by atoms with Gasteiger partial charge in [0.1, 0.15) is 0 Å². The lowest BCUT2D eigenvalue weighted by atomic mass is 9.91. The molecule has 1 aromatic heterocycles. The highest BCUT2D eigenvalue weighted by Crippen LogP contribution is 2.43. The molecule has 2 aromatic rings. The lowest BCUT2D eigenvalue weighted by Crippen LogP contribution is -1.99. The van der Waals surface area contributed by atoms with E-state index in [0.717, 1.165) is 35.2 Å². The highest BCUT2D eigenvalue weighted by Gasteiger charge is 2.29. The Kier molecular flexibility index (Phi) is 2.57. The molecule has 0 aliphatic heterocycles. The average molecular weight is 255 g/mol. The van der Waals surface area contributed by atoms with Crippen LogP contribution in [0.4, 0.5) is 5.13 Å². The summed E-state index contributed by atoms with van der Waals surface area (Å²) < 4.78 is 0. The molecule has 0 bridgehead atoms. The van der Waals surface area contributed by atoms with Gasteiger partial charge in [-0.15, -0.1) is 11.3 Å². The van der Waals surface area contributed by atoms with Crippen LogP contribution in [0.25, 0.3) is 0 Å². The molecule has 3 nitrogen and oxygen atoms in total. The van der Waals surface area contributed by atoms with Gasteiger partial charge in [-0.05, 0) is 30.9 Å². The topological polar surface area (TPSA) is 62.7 Å². The maximum absolute atomic E-state index is 9.33. The zero-order chi connectivity index (χ0) is 12.7. The van der Waals surface area contributed by atoms with Crippen LogP contribution in [0, 0.1) is 18.3 Å². The lowest BCUT2D eigenvalue weighted by Gasteiger charge is -2.13. The van der Waals surface area contributed by atoms with Gasteiger partial charge < -0.3 is 5.73 Å². The third-order valence-electron chi connectivity index (χ3n) is 3.52. The van der Waals surface area contributed by atoms with E-state index in [0.29, 0.717) is 11.0 Å². The van der Waals surface area contributed by atoms with Crippen molar-refractivity contribution >= 4 is 16.5 Å². The third-order valence-corrected chi connectivity index (χ3v) is 4.56. The van der Waals surface area contributed by atoms with Crippen LogP contribution in [0.2, 0.25) is 0 Å². The van der Waals surface area contributed by atoms with Crippen molar-refractivity contribution in [2.24, 2.45) is 0 Å². The molecule has 0 saturated carbocycles. The fourth-order valence-electron chi connectivity index (χ4n) is 2.68. The molecule has 0 saturated heterocycles. The van der Waals surface area contributed by atoms with Gasteiger partial charge in [0.2, 0.25) is 0 Å². The number of benzene rings is 1. The summed E-state index contributed by atoms with van der Waals surface area (Å²) in [7, 11) is 0. The molecule has 3 rings (SSSR count). The molecule has 1 unspecified atom stereocenters. The van der Waals surface area contributed by atoms with Crippen molar-refractivity contribution in [2.75, 3.05) is 5.73 Å². The smallest absolute Gasteiger partial charge is 0.180 e. The molecule has 0 radical (unpaired) electrons. The minimum absolute atomic E-state index is 0.296. The predicted molar refractivity (Wildman–Crippen MR) is 72.6 cm³/mol. The van der Waals surface area contributed by atoms with Crippen LogP contribution >= 0.6 is 11.3 Å². The van der Waals surface area contributed by atoms with Crippen molar-refractivity contribution in [2.45, 2.75) is 25.7 Å². The monoisotopic (exact) mass is 255 g/mol. The van der Waals surface area contributed by atoms with Crippen LogP contribution in [-0.4, -0.2) is 4.98 Å². The Hall–Kier alpha value is -1.86. The first-order chi connectivity index (χ1) is 8.70. The Morgan fingerprint density at radius 1 is 1.50 bits per heavy atom. The second-order valence-electron chi connectivity index (χ2n) is 4.61. The van der Waals surface area contributed by atoms with Crippen molar-refractivity contribution in [3.8, 4) is 6.07 Å².